The number of nitrogens with one attached hydrogen (secondary N) is 1. The fraction of sp³-hybridized carbons (Fsp3) is 0.368. The summed E-state index contributed by atoms with van der Waals surface area (Å²) < 4.78 is 23.1. The maximum Gasteiger partial charge on any atom is 0.407 e. The van der Waals surface area contributed by atoms with Crippen LogP contribution in [-0.4, -0.2) is 54.9 Å². The van der Waals surface area contributed by atoms with Gasteiger partial charge in [-0.15, -0.1) is 0 Å². The standard InChI is InChI=1S/C19H23N3O4S/c1-27(25,26)18-6-3-14(4-7-18)15-2-5-17(20-12-15)13-21-16-8-10-22(11-9-16)19(23)24/h2-7,12,16,21H,8-11,13H2,1H3,(H,23,24). The fourth-order valence-corrected chi connectivity index (χ4v) is 3.75. The van der Waals surface area contributed by atoms with Crippen LogP contribution in [0.25, 0.3) is 11.1 Å². The van der Waals surface area contributed by atoms with Crippen molar-refractivity contribution in [3.63, 3.8) is 0 Å². The fourth-order valence-electron chi connectivity index (χ4n) is 3.12. The number of hydrogen-bond donors (Lipinski definition) is 2. The molecule has 0 atom stereocenters. The number of piperidine rings is 1. The smallest absolute Gasteiger partial charge is 0.407 e. The van der Waals surface area contributed by atoms with Crippen LogP contribution in [-0.2, 0) is 16.4 Å². The number of carboxylic acid groups (broad SMARTS) is 1. The van der Waals surface area contributed by atoms with E-state index in [2.05, 4.69) is 10.3 Å². The molecule has 2 aromatic rings. The summed E-state index contributed by atoms with van der Waals surface area (Å²) in [6.45, 7) is 1.75. The van der Waals surface area contributed by atoms with E-state index in [-0.39, 0.29) is 0 Å². The number of hydrogen-bond acceptors (Lipinski definition) is 5. The zero-order chi connectivity index (χ0) is 19.4. The number of nitrogens with zero attached hydrogens (tertiary/aromatic N) is 2. The van der Waals surface area contributed by atoms with Crippen LogP contribution in [0.1, 0.15) is 18.5 Å². The molecular formula is C19H23N3O4S. The molecule has 0 unspecified atom stereocenters. The van der Waals surface area contributed by atoms with Crippen molar-refractivity contribution in [3.8, 4) is 11.1 Å². The lowest BCUT2D eigenvalue weighted by Gasteiger charge is -2.30. The van der Waals surface area contributed by atoms with E-state index in [1.807, 2.05) is 12.1 Å². The third-order valence-corrected chi connectivity index (χ3v) is 5.91. The number of amides is 1. The van der Waals surface area contributed by atoms with Crippen LogP contribution in [0.3, 0.4) is 0 Å². The van der Waals surface area contributed by atoms with Crippen LogP contribution in [0.15, 0.2) is 47.5 Å². The van der Waals surface area contributed by atoms with Gasteiger partial charge in [0, 0.05) is 43.7 Å². The minimum absolute atomic E-state index is 0.297. The third kappa shape index (κ3) is 5.05. The van der Waals surface area contributed by atoms with Gasteiger partial charge in [-0.3, -0.25) is 4.98 Å². The van der Waals surface area contributed by atoms with Gasteiger partial charge >= 0.3 is 6.09 Å². The van der Waals surface area contributed by atoms with Crippen LogP contribution in [0, 0.1) is 0 Å². The van der Waals surface area contributed by atoms with Gasteiger partial charge in [0.25, 0.3) is 0 Å². The monoisotopic (exact) mass is 389 g/mol. The highest BCUT2D eigenvalue weighted by molar-refractivity contribution is 7.90. The van der Waals surface area contributed by atoms with Gasteiger partial charge in [-0.05, 0) is 36.6 Å². The first kappa shape index (κ1) is 19.3. The highest BCUT2D eigenvalue weighted by Gasteiger charge is 2.21. The van der Waals surface area contributed by atoms with Crippen molar-refractivity contribution < 1.29 is 18.3 Å². The Labute approximate surface area is 159 Å². The normalized spacial score (nSPS) is 15.7. The summed E-state index contributed by atoms with van der Waals surface area (Å²) in [5.74, 6) is 0. The van der Waals surface area contributed by atoms with Gasteiger partial charge in [0.05, 0.1) is 10.6 Å². The summed E-state index contributed by atoms with van der Waals surface area (Å²) >= 11 is 0. The second kappa shape index (κ2) is 8.06. The van der Waals surface area contributed by atoms with Gasteiger partial charge in [-0.1, -0.05) is 18.2 Å². The van der Waals surface area contributed by atoms with Crippen LogP contribution in [0.4, 0.5) is 4.79 Å². The average Bonchev–Trinajstić information content (AvgIpc) is 2.66. The van der Waals surface area contributed by atoms with Gasteiger partial charge in [0.2, 0.25) is 0 Å². The van der Waals surface area contributed by atoms with Crippen molar-refractivity contribution in [3.05, 3.63) is 48.3 Å². The maximum atomic E-state index is 11.5. The summed E-state index contributed by atoms with van der Waals surface area (Å²) in [5.41, 5.74) is 2.75. The zero-order valence-corrected chi connectivity index (χ0v) is 15.9. The van der Waals surface area contributed by atoms with Crippen LogP contribution < -0.4 is 5.32 Å². The van der Waals surface area contributed by atoms with E-state index >= 15 is 0 Å². The molecule has 0 spiro atoms. The van der Waals surface area contributed by atoms with Gasteiger partial charge in [0.1, 0.15) is 0 Å². The molecule has 2 heterocycles. The predicted molar refractivity (Wildman–Crippen MR) is 102 cm³/mol. The second-order valence-electron chi connectivity index (χ2n) is 6.76. The minimum atomic E-state index is -3.19. The SMILES string of the molecule is CS(=O)(=O)c1ccc(-c2ccc(CNC3CCN(C(=O)O)CC3)nc2)cc1. The van der Waals surface area contributed by atoms with Crippen molar-refractivity contribution >= 4 is 15.9 Å². The Bertz CT molecular complexity index is 888. The molecule has 0 saturated carbocycles. The first-order chi connectivity index (χ1) is 12.8. The number of aromatic nitrogens is 1. The molecule has 1 amide bonds. The molecule has 1 fully saturated rings. The molecule has 1 aliphatic heterocycles. The van der Waals surface area contributed by atoms with E-state index in [0.29, 0.717) is 30.6 Å². The quantitative estimate of drug-likeness (QED) is 0.814. The molecule has 1 saturated heterocycles. The second-order valence-corrected chi connectivity index (χ2v) is 8.78. The number of benzene rings is 1. The van der Waals surface area contributed by atoms with Gasteiger partial charge in [-0.25, -0.2) is 13.2 Å². The first-order valence-corrected chi connectivity index (χ1v) is 10.7. The molecular weight excluding hydrogens is 366 g/mol. The van der Waals surface area contributed by atoms with Crippen LogP contribution in [0.2, 0.25) is 0 Å². The lowest BCUT2D eigenvalue weighted by Crippen LogP contribution is -2.44. The molecule has 0 bridgehead atoms. The Morgan fingerprint density at radius 2 is 1.78 bits per heavy atom. The van der Waals surface area contributed by atoms with E-state index < -0.39 is 15.9 Å². The van der Waals surface area contributed by atoms with Crippen molar-refractivity contribution in [1.29, 1.82) is 0 Å². The average molecular weight is 389 g/mol. The van der Waals surface area contributed by atoms with E-state index in [1.54, 1.807) is 30.5 Å². The van der Waals surface area contributed by atoms with Gasteiger partial charge < -0.3 is 15.3 Å². The molecule has 2 N–H and O–H groups in total. The number of pyridine rings is 1. The summed E-state index contributed by atoms with van der Waals surface area (Å²) in [4.78, 5) is 17.1. The Morgan fingerprint density at radius 1 is 1.15 bits per heavy atom. The topological polar surface area (TPSA) is 99.6 Å². The predicted octanol–water partition coefficient (Wildman–Crippen LogP) is 2.38. The largest absolute Gasteiger partial charge is 0.465 e. The van der Waals surface area contributed by atoms with Crippen molar-refractivity contribution in [2.24, 2.45) is 0 Å². The number of sulfone groups is 1. The molecule has 0 radical (unpaired) electrons. The van der Waals surface area contributed by atoms with E-state index in [9.17, 15) is 13.2 Å². The van der Waals surface area contributed by atoms with Crippen molar-refractivity contribution in [2.45, 2.75) is 30.3 Å². The Hall–Kier alpha value is -2.45. The first-order valence-electron chi connectivity index (χ1n) is 8.79. The minimum Gasteiger partial charge on any atom is -0.465 e. The molecule has 3 rings (SSSR count). The van der Waals surface area contributed by atoms with Gasteiger partial charge in [0.15, 0.2) is 9.84 Å². The highest BCUT2D eigenvalue weighted by atomic mass is 32.2. The third-order valence-electron chi connectivity index (χ3n) is 4.78. The summed E-state index contributed by atoms with van der Waals surface area (Å²) in [7, 11) is -3.19. The van der Waals surface area contributed by atoms with Gasteiger partial charge in [-0.2, -0.15) is 0 Å². The zero-order valence-electron chi connectivity index (χ0n) is 15.1. The molecule has 1 aromatic carbocycles. The molecule has 8 heteroatoms. The van der Waals surface area contributed by atoms with Crippen LogP contribution >= 0.6 is 0 Å². The molecule has 27 heavy (non-hydrogen) atoms. The van der Waals surface area contributed by atoms with E-state index in [0.717, 1.165) is 29.7 Å². The van der Waals surface area contributed by atoms with Crippen molar-refractivity contribution in [1.82, 2.24) is 15.2 Å². The maximum absolute atomic E-state index is 11.5. The summed E-state index contributed by atoms with van der Waals surface area (Å²) in [6, 6.07) is 11.0. The van der Waals surface area contributed by atoms with E-state index in [4.69, 9.17) is 5.11 Å². The number of rotatable bonds is 5. The highest BCUT2D eigenvalue weighted by Crippen LogP contribution is 2.21. The van der Waals surface area contributed by atoms with E-state index in [1.165, 1.54) is 11.2 Å². The summed E-state index contributed by atoms with van der Waals surface area (Å²) in [5, 5.41) is 12.4. The number of carbonyl (C=O) groups is 1. The molecule has 1 aromatic heterocycles. The lowest BCUT2D eigenvalue weighted by molar-refractivity contribution is 0.129. The molecule has 1 aliphatic rings. The molecule has 144 valence electrons. The Morgan fingerprint density at radius 3 is 2.30 bits per heavy atom. The summed E-state index contributed by atoms with van der Waals surface area (Å²) in [6.07, 6.45) is 3.72. The lowest BCUT2D eigenvalue weighted by atomic mass is 10.1. The molecule has 0 aliphatic carbocycles. The van der Waals surface area contributed by atoms with Crippen molar-refractivity contribution in [2.75, 3.05) is 19.3 Å². The number of likely N-dealkylation sites (tertiary alicyclic amines) is 1. The molecule has 7 nitrogen and oxygen atoms in total. The Kier molecular flexibility index (Phi) is 5.76. The van der Waals surface area contributed by atoms with Crippen LogP contribution in [0.5, 0.6) is 0 Å². The Balaban J connectivity index is 1.55.